The van der Waals surface area contributed by atoms with Crippen LogP contribution in [0.3, 0.4) is 0 Å². The summed E-state index contributed by atoms with van der Waals surface area (Å²) in [6, 6.07) is 15.1. The molecule has 1 N–H and O–H groups in total. The van der Waals surface area contributed by atoms with E-state index >= 15 is 0 Å². The van der Waals surface area contributed by atoms with Gasteiger partial charge in [-0.1, -0.05) is 48.0 Å². The molecule has 5 nitrogen and oxygen atoms in total. The first-order valence-electron chi connectivity index (χ1n) is 9.80. The number of carbonyl (C=O) groups is 1. The average molecular weight is 418 g/mol. The highest BCUT2D eigenvalue weighted by Gasteiger charge is 2.20. The molecule has 0 fully saturated rings. The van der Waals surface area contributed by atoms with Gasteiger partial charge < -0.3 is 5.32 Å². The molecule has 2 aromatic carbocycles. The summed E-state index contributed by atoms with van der Waals surface area (Å²) >= 11 is 1.48. The van der Waals surface area contributed by atoms with Crippen molar-refractivity contribution >= 4 is 33.1 Å². The van der Waals surface area contributed by atoms with Crippen LogP contribution in [0.1, 0.15) is 29.7 Å². The number of hydrogen-bond donors (Lipinski definition) is 1. The minimum Gasteiger partial charge on any atom is -0.324 e. The lowest BCUT2D eigenvalue weighted by atomic mass is 10.0. The molecule has 0 aliphatic rings. The first-order valence-corrected chi connectivity index (χ1v) is 10.6. The van der Waals surface area contributed by atoms with E-state index in [1.54, 1.807) is 6.92 Å². The molecule has 2 aromatic heterocycles. The van der Waals surface area contributed by atoms with Crippen LogP contribution in [0.5, 0.6) is 0 Å². The van der Waals surface area contributed by atoms with Crippen LogP contribution < -0.4 is 10.9 Å². The lowest BCUT2D eigenvalue weighted by Crippen LogP contribution is -2.31. The van der Waals surface area contributed by atoms with E-state index in [-0.39, 0.29) is 11.5 Å². The fraction of sp³-hybridized carbons (Fsp3) is 0.208. The van der Waals surface area contributed by atoms with Gasteiger partial charge >= 0.3 is 0 Å². The second-order valence-corrected chi connectivity index (χ2v) is 8.62. The molecule has 0 radical (unpaired) electrons. The third-order valence-corrected chi connectivity index (χ3v) is 6.35. The van der Waals surface area contributed by atoms with Gasteiger partial charge in [0.05, 0.1) is 11.7 Å². The van der Waals surface area contributed by atoms with Gasteiger partial charge in [0, 0.05) is 10.6 Å². The maximum absolute atomic E-state index is 13.1. The number of amides is 1. The van der Waals surface area contributed by atoms with Gasteiger partial charge in [-0.15, -0.1) is 11.3 Å². The monoisotopic (exact) mass is 417 g/mol. The third-order valence-electron chi connectivity index (χ3n) is 5.26. The highest BCUT2D eigenvalue weighted by Crippen LogP contribution is 2.31. The van der Waals surface area contributed by atoms with Crippen molar-refractivity contribution < 1.29 is 4.79 Å². The topological polar surface area (TPSA) is 64.0 Å². The van der Waals surface area contributed by atoms with Crippen LogP contribution in [0.15, 0.2) is 59.7 Å². The van der Waals surface area contributed by atoms with Crippen LogP contribution >= 0.6 is 11.3 Å². The molecule has 0 saturated heterocycles. The molecule has 1 amide bonds. The van der Waals surface area contributed by atoms with E-state index in [1.165, 1.54) is 22.2 Å². The fourth-order valence-corrected chi connectivity index (χ4v) is 4.68. The van der Waals surface area contributed by atoms with Crippen molar-refractivity contribution in [3.63, 3.8) is 0 Å². The van der Waals surface area contributed by atoms with Gasteiger partial charge in [-0.3, -0.25) is 14.2 Å². The Kier molecular flexibility index (Phi) is 5.26. The molecule has 30 heavy (non-hydrogen) atoms. The molecule has 6 heteroatoms. The van der Waals surface area contributed by atoms with Crippen LogP contribution in [-0.2, 0) is 4.79 Å². The largest absolute Gasteiger partial charge is 0.324 e. The molecule has 1 atom stereocenters. The summed E-state index contributed by atoms with van der Waals surface area (Å²) in [4.78, 5) is 32.1. The summed E-state index contributed by atoms with van der Waals surface area (Å²) in [5, 5.41) is 3.52. The molecule has 0 saturated carbocycles. The van der Waals surface area contributed by atoms with Crippen molar-refractivity contribution in [1.29, 1.82) is 0 Å². The van der Waals surface area contributed by atoms with Gasteiger partial charge in [0.2, 0.25) is 5.91 Å². The SMILES string of the molecule is Cc1cc(C)c(NC(=O)C(C)n2cnc3sc(-c4ccccc4)cc3c2=O)c(C)c1. The Hall–Kier alpha value is -3.25. The Morgan fingerprint density at radius 3 is 2.40 bits per heavy atom. The summed E-state index contributed by atoms with van der Waals surface area (Å²) in [5.41, 5.74) is 4.77. The first-order chi connectivity index (χ1) is 14.3. The van der Waals surface area contributed by atoms with Gasteiger partial charge in [-0.05, 0) is 50.5 Å². The second kappa shape index (κ2) is 7.88. The predicted octanol–water partition coefficient (Wildman–Crippen LogP) is 5.25. The van der Waals surface area contributed by atoms with Gasteiger partial charge in [0.1, 0.15) is 10.9 Å². The lowest BCUT2D eigenvalue weighted by Gasteiger charge is -2.17. The number of aromatic nitrogens is 2. The Morgan fingerprint density at radius 1 is 1.07 bits per heavy atom. The van der Waals surface area contributed by atoms with Crippen molar-refractivity contribution in [1.82, 2.24) is 9.55 Å². The van der Waals surface area contributed by atoms with E-state index in [0.717, 1.165) is 32.8 Å². The fourth-order valence-electron chi connectivity index (χ4n) is 3.69. The summed E-state index contributed by atoms with van der Waals surface area (Å²) in [6.45, 7) is 7.68. The summed E-state index contributed by atoms with van der Waals surface area (Å²) in [6.07, 6.45) is 1.47. The molecular formula is C24H23N3O2S. The van der Waals surface area contributed by atoms with E-state index in [1.807, 2.05) is 69.3 Å². The maximum Gasteiger partial charge on any atom is 0.262 e. The van der Waals surface area contributed by atoms with Crippen LogP contribution in [-0.4, -0.2) is 15.5 Å². The molecule has 0 spiro atoms. The van der Waals surface area contributed by atoms with Crippen molar-refractivity contribution in [3.8, 4) is 10.4 Å². The van der Waals surface area contributed by atoms with E-state index < -0.39 is 6.04 Å². The van der Waals surface area contributed by atoms with Gasteiger partial charge in [0.25, 0.3) is 5.56 Å². The highest BCUT2D eigenvalue weighted by molar-refractivity contribution is 7.21. The number of nitrogens with one attached hydrogen (secondary N) is 1. The average Bonchev–Trinajstić information content (AvgIpc) is 3.16. The number of fused-ring (bicyclic) bond motifs is 1. The zero-order chi connectivity index (χ0) is 21.4. The van der Waals surface area contributed by atoms with Gasteiger partial charge in [0.15, 0.2) is 0 Å². The predicted molar refractivity (Wildman–Crippen MR) is 123 cm³/mol. The van der Waals surface area contributed by atoms with Gasteiger partial charge in [-0.2, -0.15) is 0 Å². The smallest absolute Gasteiger partial charge is 0.262 e. The second-order valence-electron chi connectivity index (χ2n) is 7.59. The number of aryl methyl sites for hydroxylation is 3. The van der Waals surface area contributed by atoms with Crippen LogP contribution in [0.25, 0.3) is 20.7 Å². The molecule has 4 rings (SSSR count). The summed E-state index contributed by atoms with van der Waals surface area (Å²) in [5.74, 6) is -0.244. The highest BCUT2D eigenvalue weighted by atomic mass is 32.1. The van der Waals surface area contributed by atoms with E-state index in [2.05, 4.69) is 10.3 Å². The molecule has 1 unspecified atom stereocenters. The number of nitrogens with zero attached hydrogens (tertiary/aromatic N) is 2. The summed E-state index contributed by atoms with van der Waals surface area (Å²) < 4.78 is 1.40. The number of hydrogen-bond acceptors (Lipinski definition) is 4. The maximum atomic E-state index is 13.1. The zero-order valence-corrected chi connectivity index (χ0v) is 18.2. The molecule has 0 aliphatic carbocycles. The minimum absolute atomic E-state index is 0.210. The van der Waals surface area contributed by atoms with Crippen molar-refractivity contribution in [2.45, 2.75) is 33.7 Å². The number of benzene rings is 2. The van der Waals surface area contributed by atoms with Crippen LogP contribution in [0.4, 0.5) is 5.69 Å². The van der Waals surface area contributed by atoms with E-state index in [9.17, 15) is 9.59 Å². The Labute approximate surface area is 179 Å². The van der Waals surface area contributed by atoms with Crippen molar-refractivity contribution in [2.24, 2.45) is 0 Å². The molecule has 0 aliphatic heterocycles. The zero-order valence-electron chi connectivity index (χ0n) is 17.4. The van der Waals surface area contributed by atoms with Crippen molar-refractivity contribution in [2.75, 3.05) is 5.32 Å². The quantitative estimate of drug-likeness (QED) is 0.493. The van der Waals surface area contributed by atoms with Gasteiger partial charge in [-0.25, -0.2) is 4.98 Å². The molecular weight excluding hydrogens is 394 g/mol. The number of thiophene rings is 1. The van der Waals surface area contributed by atoms with Crippen LogP contribution in [0, 0.1) is 20.8 Å². The number of rotatable bonds is 4. The van der Waals surface area contributed by atoms with Crippen LogP contribution in [0.2, 0.25) is 0 Å². The molecule has 2 heterocycles. The number of carbonyl (C=O) groups excluding carboxylic acids is 1. The van der Waals surface area contributed by atoms with E-state index in [4.69, 9.17) is 0 Å². The third kappa shape index (κ3) is 3.66. The number of anilines is 1. The standard InChI is InChI=1S/C24H23N3O2S/c1-14-10-15(2)21(16(3)11-14)26-22(28)17(4)27-13-25-23-19(24(27)29)12-20(30-23)18-8-6-5-7-9-18/h5-13,17H,1-4H3,(H,26,28). The Bertz CT molecular complexity index is 1280. The lowest BCUT2D eigenvalue weighted by molar-refractivity contribution is -0.118. The summed E-state index contributed by atoms with van der Waals surface area (Å²) in [7, 11) is 0. The minimum atomic E-state index is -0.686. The molecule has 4 aromatic rings. The Balaban J connectivity index is 1.66. The normalized spacial score (nSPS) is 12.1. The van der Waals surface area contributed by atoms with Crippen molar-refractivity contribution in [3.05, 3.63) is 81.9 Å². The first kappa shape index (κ1) is 20.0. The molecule has 152 valence electrons. The Morgan fingerprint density at radius 2 is 1.73 bits per heavy atom. The van der Waals surface area contributed by atoms with E-state index in [0.29, 0.717) is 10.2 Å². The molecule has 0 bridgehead atoms.